The average Bonchev–Trinajstić information content (AvgIpc) is 2.20. The first-order chi connectivity index (χ1) is 7.48. The molecule has 0 saturated carbocycles. The Hall–Kier alpha value is -1.63. The van der Waals surface area contributed by atoms with E-state index in [-0.39, 0.29) is 11.7 Å². The largest absolute Gasteiger partial charge is 0.330 e. The molecular weight excluding hydrogens is 204 g/mol. The number of hydrogen-bond donors (Lipinski definition) is 1. The molecule has 0 radical (unpaired) electrons. The molecule has 1 atom stereocenters. The fourth-order valence-electron chi connectivity index (χ4n) is 1.84. The minimum atomic E-state index is -0.433. The van der Waals surface area contributed by atoms with Crippen molar-refractivity contribution in [1.82, 2.24) is 5.32 Å². The van der Waals surface area contributed by atoms with Crippen LogP contribution in [0.1, 0.15) is 39.5 Å². The molecule has 0 bridgehead atoms. The first-order valence-corrected chi connectivity index (χ1v) is 5.37. The highest BCUT2D eigenvalue weighted by atomic mass is 16.1. The number of rotatable bonds is 3. The predicted molar refractivity (Wildman–Crippen MR) is 59.1 cm³/mol. The Kier molecular flexibility index (Phi) is 3.83. The first kappa shape index (κ1) is 12.4. The summed E-state index contributed by atoms with van der Waals surface area (Å²) >= 11 is 0. The Morgan fingerprint density at radius 2 is 2.38 bits per heavy atom. The molecule has 16 heavy (non-hydrogen) atoms. The molecule has 0 fully saturated rings. The van der Waals surface area contributed by atoms with Crippen molar-refractivity contribution in [3.63, 3.8) is 0 Å². The standard InChI is InChI=1S/C12H16N2O2/c1-9(15)14-10-4-6-12(2,5-3-7-13)11(16)8-10/h8H,3-6H2,1-2H3,(H,14,15). The van der Waals surface area contributed by atoms with Gasteiger partial charge in [-0.1, -0.05) is 6.92 Å². The van der Waals surface area contributed by atoms with Crippen LogP contribution >= 0.6 is 0 Å². The second kappa shape index (κ2) is 4.93. The number of ketones is 1. The zero-order valence-corrected chi connectivity index (χ0v) is 9.67. The van der Waals surface area contributed by atoms with E-state index < -0.39 is 5.41 Å². The summed E-state index contributed by atoms with van der Waals surface area (Å²) < 4.78 is 0. The minimum absolute atomic E-state index is 0.0118. The summed E-state index contributed by atoms with van der Waals surface area (Å²) in [7, 11) is 0. The third-order valence-corrected chi connectivity index (χ3v) is 2.97. The zero-order chi connectivity index (χ0) is 12.2. The van der Waals surface area contributed by atoms with E-state index in [0.717, 1.165) is 0 Å². The number of carbonyl (C=O) groups excluding carboxylic acids is 2. The number of carbonyl (C=O) groups is 2. The van der Waals surface area contributed by atoms with Crippen LogP contribution in [-0.2, 0) is 9.59 Å². The minimum Gasteiger partial charge on any atom is -0.330 e. The maximum atomic E-state index is 11.9. The number of nitrogens with zero attached hydrogens (tertiary/aromatic N) is 1. The van der Waals surface area contributed by atoms with Crippen molar-refractivity contribution in [2.24, 2.45) is 5.41 Å². The predicted octanol–water partition coefficient (Wildman–Crippen LogP) is 1.68. The monoisotopic (exact) mass is 220 g/mol. The summed E-state index contributed by atoms with van der Waals surface area (Å²) in [6.45, 7) is 3.31. The van der Waals surface area contributed by atoms with E-state index in [0.29, 0.717) is 31.4 Å². The molecule has 1 amide bonds. The third kappa shape index (κ3) is 2.93. The molecule has 1 aliphatic carbocycles. The summed E-state index contributed by atoms with van der Waals surface area (Å²) in [5.41, 5.74) is 0.254. The molecule has 0 heterocycles. The lowest BCUT2D eigenvalue weighted by Gasteiger charge is -2.30. The Morgan fingerprint density at radius 3 is 2.88 bits per heavy atom. The Balaban J connectivity index is 2.71. The molecule has 1 rings (SSSR count). The van der Waals surface area contributed by atoms with Gasteiger partial charge in [-0.15, -0.1) is 0 Å². The van der Waals surface area contributed by atoms with Gasteiger partial charge in [-0.3, -0.25) is 9.59 Å². The summed E-state index contributed by atoms with van der Waals surface area (Å²) in [6.07, 6.45) is 3.87. The second-order valence-electron chi connectivity index (χ2n) is 4.43. The average molecular weight is 220 g/mol. The van der Waals surface area contributed by atoms with E-state index in [2.05, 4.69) is 11.4 Å². The zero-order valence-electron chi connectivity index (χ0n) is 9.67. The number of allylic oxidation sites excluding steroid dienone is 2. The summed E-state index contributed by atoms with van der Waals surface area (Å²) in [5, 5.41) is 11.2. The van der Waals surface area contributed by atoms with Gasteiger partial charge >= 0.3 is 0 Å². The van der Waals surface area contributed by atoms with Crippen LogP contribution in [0.5, 0.6) is 0 Å². The first-order valence-electron chi connectivity index (χ1n) is 5.37. The van der Waals surface area contributed by atoms with E-state index in [1.54, 1.807) is 0 Å². The molecular formula is C12H16N2O2. The van der Waals surface area contributed by atoms with Gasteiger partial charge in [0, 0.05) is 30.5 Å². The van der Waals surface area contributed by atoms with Gasteiger partial charge in [0.2, 0.25) is 5.91 Å². The van der Waals surface area contributed by atoms with Crippen molar-refractivity contribution in [2.75, 3.05) is 0 Å². The van der Waals surface area contributed by atoms with Crippen molar-refractivity contribution in [1.29, 1.82) is 5.26 Å². The summed E-state index contributed by atoms with van der Waals surface area (Å²) in [6, 6.07) is 2.06. The number of nitrogens with one attached hydrogen (secondary N) is 1. The lowest BCUT2D eigenvalue weighted by molar-refractivity contribution is -0.124. The van der Waals surface area contributed by atoms with Gasteiger partial charge in [0.05, 0.1) is 6.07 Å². The van der Waals surface area contributed by atoms with Crippen molar-refractivity contribution in [2.45, 2.75) is 39.5 Å². The maximum Gasteiger partial charge on any atom is 0.220 e. The van der Waals surface area contributed by atoms with Crippen molar-refractivity contribution in [3.8, 4) is 6.07 Å². The normalized spacial score (nSPS) is 24.6. The Morgan fingerprint density at radius 1 is 1.69 bits per heavy atom. The molecule has 0 spiro atoms. The fourth-order valence-corrected chi connectivity index (χ4v) is 1.84. The molecule has 0 aromatic carbocycles. The number of nitriles is 1. The van der Waals surface area contributed by atoms with Crippen LogP contribution in [0.25, 0.3) is 0 Å². The van der Waals surface area contributed by atoms with E-state index in [9.17, 15) is 9.59 Å². The maximum absolute atomic E-state index is 11.9. The van der Waals surface area contributed by atoms with Gasteiger partial charge in [0.1, 0.15) is 0 Å². The van der Waals surface area contributed by atoms with E-state index >= 15 is 0 Å². The molecule has 86 valence electrons. The van der Waals surface area contributed by atoms with Crippen LogP contribution in [0.3, 0.4) is 0 Å². The lowest BCUT2D eigenvalue weighted by atomic mass is 9.74. The van der Waals surface area contributed by atoms with Crippen LogP contribution in [0.2, 0.25) is 0 Å². The van der Waals surface area contributed by atoms with Crippen LogP contribution in [0, 0.1) is 16.7 Å². The van der Waals surface area contributed by atoms with Gasteiger partial charge in [0.25, 0.3) is 0 Å². The van der Waals surface area contributed by atoms with Gasteiger partial charge in [-0.05, 0) is 19.3 Å². The van der Waals surface area contributed by atoms with Gasteiger partial charge in [-0.25, -0.2) is 0 Å². The molecule has 1 N–H and O–H groups in total. The van der Waals surface area contributed by atoms with Crippen molar-refractivity contribution in [3.05, 3.63) is 11.8 Å². The van der Waals surface area contributed by atoms with E-state index in [4.69, 9.17) is 5.26 Å². The lowest BCUT2D eigenvalue weighted by Crippen LogP contribution is -2.33. The van der Waals surface area contributed by atoms with Crippen molar-refractivity contribution < 1.29 is 9.59 Å². The van der Waals surface area contributed by atoms with Gasteiger partial charge in [0.15, 0.2) is 5.78 Å². The SMILES string of the molecule is CC(=O)NC1=CC(=O)C(C)(CCC#N)CC1. The van der Waals surface area contributed by atoms with Crippen LogP contribution in [-0.4, -0.2) is 11.7 Å². The topological polar surface area (TPSA) is 70.0 Å². The van der Waals surface area contributed by atoms with E-state index in [1.165, 1.54) is 13.0 Å². The molecule has 0 aromatic rings. The Bertz CT molecular complexity index is 379. The Labute approximate surface area is 95.3 Å². The van der Waals surface area contributed by atoms with Crippen LogP contribution in [0.15, 0.2) is 11.8 Å². The number of amides is 1. The quantitative estimate of drug-likeness (QED) is 0.786. The molecule has 0 aliphatic heterocycles. The number of hydrogen-bond acceptors (Lipinski definition) is 3. The van der Waals surface area contributed by atoms with Crippen molar-refractivity contribution >= 4 is 11.7 Å². The fraction of sp³-hybridized carbons (Fsp3) is 0.583. The molecule has 4 heteroatoms. The smallest absolute Gasteiger partial charge is 0.220 e. The molecule has 1 unspecified atom stereocenters. The third-order valence-electron chi connectivity index (χ3n) is 2.97. The molecule has 0 saturated heterocycles. The second-order valence-corrected chi connectivity index (χ2v) is 4.43. The van der Waals surface area contributed by atoms with Crippen LogP contribution in [0.4, 0.5) is 0 Å². The van der Waals surface area contributed by atoms with Crippen LogP contribution < -0.4 is 5.32 Å². The molecule has 1 aliphatic rings. The van der Waals surface area contributed by atoms with Gasteiger partial charge in [-0.2, -0.15) is 5.26 Å². The highest BCUT2D eigenvalue weighted by molar-refractivity contribution is 5.96. The highest BCUT2D eigenvalue weighted by Gasteiger charge is 2.34. The molecule has 0 aromatic heterocycles. The van der Waals surface area contributed by atoms with Gasteiger partial charge < -0.3 is 5.32 Å². The highest BCUT2D eigenvalue weighted by Crippen LogP contribution is 2.35. The summed E-state index contributed by atoms with van der Waals surface area (Å²) in [4.78, 5) is 22.7. The molecule has 4 nitrogen and oxygen atoms in total. The van der Waals surface area contributed by atoms with E-state index in [1.807, 2.05) is 6.92 Å². The summed E-state index contributed by atoms with van der Waals surface area (Å²) in [5.74, 6) is -0.141.